The van der Waals surface area contributed by atoms with E-state index in [0.29, 0.717) is 0 Å². The summed E-state index contributed by atoms with van der Waals surface area (Å²) in [4.78, 5) is 35.2. The van der Waals surface area contributed by atoms with Crippen molar-refractivity contribution in [1.29, 1.82) is 0 Å². The molecular formula is C24H38N4O8. The third-order valence-corrected chi connectivity index (χ3v) is 5.31. The van der Waals surface area contributed by atoms with Gasteiger partial charge >= 0.3 is 17.9 Å². The zero-order chi connectivity index (χ0) is 27.5. The molecule has 2 aromatic heterocycles. The molecule has 2 aromatic rings. The molecule has 0 aliphatic rings. The van der Waals surface area contributed by atoms with Crippen LogP contribution < -0.4 is 0 Å². The van der Waals surface area contributed by atoms with E-state index in [-0.39, 0.29) is 0 Å². The highest BCUT2D eigenvalue weighted by molar-refractivity contribution is 5.88. The average molecular weight is 511 g/mol. The Labute approximate surface area is 210 Å². The fraction of sp³-hybridized carbons (Fsp3) is 0.583. The van der Waals surface area contributed by atoms with E-state index in [1.54, 1.807) is 0 Å². The minimum absolute atomic E-state index is 0.845. The number of nitrogens with zero attached hydrogens (tertiary/aromatic N) is 4. The van der Waals surface area contributed by atoms with Crippen molar-refractivity contribution in [3.8, 4) is 0 Å². The monoisotopic (exact) mass is 510 g/mol. The fourth-order valence-electron chi connectivity index (χ4n) is 3.45. The first-order valence-corrected chi connectivity index (χ1v) is 11.6. The number of hydrogen-bond acceptors (Lipinski definition) is 8. The molecule has 0 unspecified atom stereocenters. The van der Waals surface area contributed by atoms with E-state index < -0.39 is 36.4 Å². The van der Waals surface area contributed by atoms with E-state index in [0.717, 1.165) is 56.4 Å². The van der Waals surface area contributed by atoms with Crippen LogP contribution in [0.4, 0.5) is 0 Å². The molecule has 0 aliphatic carbocycles. The topological polar surface area (TPSA) is 170 Å². The van der Waals surface area contributed by atoms with Gasteiger partial charge in [-0.3, -0.25) is 19.2 Å². The number of carboxylic acid groups (broad SMARTS) is 3. The number of aryl methyl sites for hydroxylation is 3. The van der Waals surface area contributed by atoms with E-state index in [9.17, 15) is 14.4 Å². The summed E-state index contributed by atoms with van der Waals surface area (Å²) in [6.07, 6.45) is 1.03. The second kappa shape index (κ2) is 14.4. The molecule has 0 spiro atoms. The lowest BCUT2D eigenvalue weighted by Crippen LogP contribution is -2.42. The predicted octanol–water partition coefficient (Wildman–Crippen LogP) is 1.82. The number of carbonyl (C=O) groups is 3. The molecule has 12 heteroatoms. The minimum atomic E-state index is -2.74. The zero-order valence-electron chi connectivity index (χ0n) is 21.6. The van der Waals surface area contributed by atoms with Crippen LogP contribution in [0.5, 0.6) is 0 Å². The van der Waals surface area contributed by atoms with E-state index >= 15 is 0 Å². The summed E-state index contributed by atoms with van der Waals surface area (Å²) in [5.74, 6) is -3.01. The van der Waals surface area contributed by atoms with Gasteiger partial charge in [-0.15, -0.1) is 0 Å². The Morgan fingerprint density at radius 1 is 1.03 bits per heavy atom. The highest BCUT2D eigenvalue weighted by Gasteiger charge is 2.40. The first-order chi connectivity index (χ1) is 16.7. The highest BCUT2D eigenvalue weighted by atomic mass is 16.4. The second-order valence-corrected chi connectivity index (χ2v) is 8.95. The third kappa shape index (κ3) is 11.0. The number of furan rings is 1. The fourth-order valence-corrected chi connectivity index (χ4v) is 3.45. The van der Waals surface area contributed by atoms with Crippen LogP contribution >= 0.6 is 0 Å². The van der Waals surface area contributed by atoms with E-state index in [4.69, 9.17) is 24.8 Å². The van der Waals surface area contributed by atoms with Crippen molar-refractivity contribution in [2.75, 3.05) is 27.2 Å². The molecule has 0 aliphatic heterocycles. The number of carboxylic acids is 3. The summed E-state index contributed by atoms with van der Waals surface area (Å²) >= 11 is 0. The van der Waals surface area contributed by atoms with Gasteiger partial charge in [0.15, 0.2) is 5.60 Å². The Balaban J connectivity index is 0.000000426. The number of aliphatic hydroxyl groups is 1. The minimum Gasteiger partial charge on any atom is -0.481 e. The van der Waals surface area contributed by atoms with E-state index in [1.165, 1.54) is 5.56 Å². The van der Waals surface area contributed by atoms with Gasteiger partial charge in [0.25, 0.3) is 0 Å². The molecule has 12 nitrogen and oxygen atoms in total. The zero-order valence-corrected chi connectivity index (χ0v) is 21.6. The van der Waals surface area contributed by atoms with E-state index in [2.05, 4.69) is 55.1 Å². The molecule has 0 aromatic carbocycles. The van der Waals surface area contributed by atoms with Gasteiger partial charge < -0.3 is 29.7 Å². The summed E-state index contributed by atoms with van der Waals surface area (Å²) < 4.78 is 7.78. The lowest BCUT2D eigenvalue weighted by atomic mass is 9.96. The molecule has 2 heterocycles. The normalized spacial score (nSPS) is 11.4. The number of rotatable bonds is 14. The van der Waals surface area contributed by atoms with Gasteiger partial charge in [0, 0.05) is 31.4 Å². The predicted molar refractivity (Wildman–Crippen MR) is 130 cm³/mol. The quantitative estimate of drug-likeness (QED) is 0.292. The van der Waals surface area contributed by atoms with Crippen LogP contribution in [0, 0.1) is 13.8 Å². The number of aromatic nitrogens is 2. The van der Waals surface area contributed by atoms with Crippen molar-refractivity contribution >= 4 is 17.9 Å². The van der Waals surface area contributed by atoms with Crippen LogP contribution in [-0.2, 0) is 34.0 Å². The Morgan fingerprint density at radius 3 is 2.06 bits per heavy atom. The van der Waals surface area contributed by atoms with E-state index in [1.807, 2.05) is 17.7 Å². The summed E-state index contributed by atoms with van der Waals surface area (Å²) in [6.45, 7) is 11.0. The maximum Gasteiger partial charge on any atom is 0.336 e. The molecule has 2 rings (SSSR count). The molecule has 0 atom stereocenters. The van der Waals surface area contributed by atoms with Gasteiger partial charge in [0.1, 0.15) is 11.5 Å². The highest BCUT2D eigenvalue weighted by Crippen LogP contribution is 2.16. The van der Waals surface area contributed by atoms with Gasteiger partial charge in [0.2, 0.25) is 0 Å². The average Bonchev–Trinajstić information content (AvgIpc) is 3.31. The lowest BCUT2D eigenvalue weighted by molar-refractivity contribution is -0.170. The van der Waals surface area contributed by atoms with Crippen molar-refractivity contribution in [1.82, 2.24) is 19.6 Å². The molecule has 4 N–H and O–H groups in total. The first-order valence-electron chi connectivity index (χ1n) is 11.6. The molecular weight excluding hydrogens is 472 g/mol. The van der Waals surface area contributed by atoms with Crippen molar-refractivity contribution in [3.05, 3.63) is 41.1 Å². The lowest BCUT2D eigenvalue weighted by Gasteiger charge is -2.22. The van der Waals surface area contributed by atoms with Crippen LogP contribution in [-0.4, -0.2) is 90.7 Å². The van der Waals surface area contributed by atoms with Gasteiger partial charge in [-0.1, -0.05) is 0 Å². The Hall–Kier alpha value is -3.22. The molecule has 0 saturated heterocycles. The van der Waals surface area contributed by atoms with Crippen LogP contribution in [0.1, 0.15) is 49.0 Å². The van der Waals surface area contributed by atoms with Crippen LogP contribution in [0.15, 0.2) is 22.7 Å². The van der Waals surface area contributed by atoms with Crippen LogP contribution in [0.25, 0.3) is 0 Å². The largest absolute Gasteiger partial charge is 0.481 e. The molecule has 202 valence electrons. The Kier molecular flexibility index (Phi) is 12.3. The summed E-state index contributed by atoms with van der Waals surface area (Å²) in [5, 5.41) is 38.4. The van der Waals surface area contributed by atoms with Crippen molar-refractivity contribution in [2.24, 2.45) is 0 Å². The molecule has 0 amide bonds. The van der Waals surface area contributed by atoms with Gasteiger partial charge in [-0.05, 0) is 60.0 Å². The van der Waals surface area contributed by atoms with Crippen LogP contribution in [0.3, 0.4) is 0 Å². The standard InChI is InChI=1S/C18H30N4O.C6H8O7/c1-6-22-13-17(16(3)19-22)12-21(11-7-10-20(4)5)14-18-9-8-15(2)23-18;7-3(8)1-6(13,5(11)12)2-4(9)10/h8-9,13H,6-7,10-12,14H2,1-5H3;13H,1-2H2,(H,7,8)(H,9,10)(H,11,12). The summed E-state index contributed by atoms with van der Waals surface area (Å²) in [6, 6.07) is 4.12. The van der Waals surface area contributed by atoms with Crippen molar-refractivity contribution in [3.63, 3.8) is 0 Å². The Morgan fingerprint density at radius 2 is 1.64 bits per heavy atom. The maximum absolute atomic E-state index is 10.3. The van der Waals surface area contributed by atoms with Crippen molar-refractivity contribution in [2.45, 2.75) is 65.3 Å². The first kappa shape index (κ1) is 30.8. The van der Waals surface area contributed by atoms with Crippen molar-refractivity contribution < 1.29 is 39.2 Å². The molecule has 0 bridgehead atoms. The molecule has 36 heavy (non-hydrogen) atoms. The molecule has 0 radical (unpaired) electrons. The number of aliphatic carboxylic acids is 3. The van der Waals surface area contributed by atoms with Crippen LogP contribution in [0.2, 0.25) is 0 Å². The van der Waals surface area contributed by atoms with Gasteiger partial charge in [-0.25, -0.2) is 4.79 Å². The molecule has 0 fully saturated rings. The summed E-state index contributed by atoms with van der Waals surface area (Å²) in [5.41, 5.74) is -0.308. The van der Waals surface area contributed by atoms with Gasteiger partial charge in [-0.2, -0.15) is 5.10 Å². The smallest absolute Gasteiger partial charge is 0.336 e. The van der Waals surface area contributed by atoms with Gasteiger partial charge in [0.05, 0.1) is 25.1 Å². The number of hydrogen-bond donors (Lipinski definition) is 4. The third-order valence-electron chi connectivity index (χ3n) is 5.31. The maximum atomic E-state index is 10.3. The SMILES string of the molecule is CCn1cc(CN(CCCN(C)C)Cc2ccc(C)o2)c(C)n1.O=C(O)CC(O)(CC(=O)O)C(=O)O. The second-order valence-electron chi connectivity index (χ2n) is 8.95. The Bertz CT molecular complexity index is 982. The molecule has 0 saturated carbocycles. The summed E-state index contributed by atoms with van der Waals surface area (Å²) in [7, 11) is 4.24.